The number of rotatable bonds is 10. The molecule has 0 fully saturated rings. The Morgan fingerprint density at radius 1 is 0.889 bits per heavy atom. The zero-order chi connectivity index (χ0) is 20.0. The van der Waals surface area contributed by atoms with E-state index in [9.17, 15) is 18.6 Å². The van der Waals surface area contributed by atoms with Crippen molar-refractivity contribution >= 4 is 22.3 Å². The molecule has 27 heavy (non-hydrogen) atoms. The maximum absolute atomic E-state index is 13.1. The molecule has 2 aromatic rings. The Morgan fingerprint density at radius 2 is 1.41 bits per heavy atom. The summed E-state index contributed by atoms with van der Waals surface area (Å²) in [5.74, 6) is 0. The van der Waals surface area contributed by atoms with E-state index < -0.39 is 16.9 Å². The fraction of sp³-hybridized carbons (Fsp3) is 0.400. The minimum absolute atomic E-state index is 0.0500. The van der Waals surface area contributed by atoms with Gasteiger partial charge in [-0.2, -0.15) is 0 Å². The summed E-state index contributed by atoms with van der Waals surface area (Å²) < 4.78 is 32.4. The predicted molar refractivity (Wildman–Crippen MR) is 112 cm³/mol. The van der Waals surface area contributed by atoms with Crippen LogP contribution in [0.2, 0.25) is 0 Å². The molecule has 0 atom stereocenters. The van der Waals surface area contributed by atoms with Crippen molar-refractivity contribution in [1.82, 2.24) is 0 Å². The Morgan fingerprint density at radius 3 is 1.89 bits per heavy atom. The minimum atomic E-state index is -4.01. The molecule has 0 bridgehead atoms. The molecule has 0 aliphatic heterocycles. The van der Waals surface area contributed by atoms with Crippen molar-refractivity contribution in [3.05, 3.63) is 60.2 Å². The molecule has 7 heteroatoms. The topological polar surface area (TPSA) is 83.8 Å². The molecule has 0 aliphatic carbocycles. The second kappa shape index (κ2) is 8.80. The van der Waals surface area contributed by atoms with Crippen LogP contribution in [0.1, 0.15) is 18.4 Å². The summed E-state index contributed by atoms with van der Waals surface area (Å²) in [6.45, 7) is 0.223. The molecule has 0 unspecified atom stereocenters. The summed E-state index contributed by atoms with van der Waals surface area (Å²) in [5, 5.41) is 19.7. The van der Waals surface area contributed by atoms with Crippen molar-refractivity contribution in [2.24, 2.45) is 0 Å². The fourth-order valence-electron chi connectivity index (χ4n) is 3.34. The molecule has 0 saturated heterocycles. The van der Waals surface area contributed by atoms with Gasteiger partial charge in [-0.15, -0.1) is 0 Å². The normalized spacial score (nSPS) is 13.9. The van der Waals surface area contributed by atoms with E-state index in [1.165, 1.54) is 0 Å². The van der Waals surface area contributed by atoms with Gasteiger partial charge in [-0.05, 0) is 0 Å². The van der Waals surface area contributed by atoms with Gasteiger partial charge in [0, 0.05) is 0 Å². The molecule has 150 valence electrons. The van der Waals surface area contributed by atoms with Crippen LogP contribution in [-0.4, -0.2) is 50.8 Å². The van der Waals surface area contributed by atoms with E-state index in [2.05, 4.69) is 0 Å². The molecule has 0 spiro atoms. The molecule has 0 aliphatic rings. The summed E-state index contributed by atoms with van der Waals surface area (Å²) >= 11 is 0. The van der Waals surface area contributed by atoms with E-state index in [-0.39, 0.29) is 18.1 Å². The molecule has 2 rings (SSSR count). The average Bonchev–Trinajstić information content (AvgIpc) is 2.66. The zero-order valence-electron chi connectivity index (χ0n) is 15.9. The first kappa shape index (κ1) is 22.0. The molecular formula is C20H29O5PS. The first-order chi connectivity index (χ1) is 12.7. The number of benzene rings is 2. The van der Waals surface area contributed by atoms with Crippen LogP contribution in [0.3, 0.4) is 0 Å². The van der Waals surface area contributed by atoms with E-state index in [1.807, 2.05) is 43.9 Å². The van der Waals surface area contributed by atoms with Gasteiger partial charge in [0.2, 0.25) is 0 Å². The van der Waals surface area contributed by atoms with Crippen LogP contribution in [0, 0.1) is 6.92 Å². The Balaban J connectivity index is 2.58. The average molecular weight is 412 g/mol. The Labute approximate surface area is 162 Å². The van der Waals surface area contributed by atoms with Crippen molar-refractivity contribution in [2.45, 2.75) is 24.7 Å². The third-order valence-corrected chi connectivity index (χ3v) is 13.0. The number of aryl methyl sites for hydroxylation is 1. The molecule has 0 amide bonds. The van der Waals surface area contributed by atoms with Crippen LogP contribution in [-0.2, 0) is 14.1 Å². The Kier molecular flexibility index (Phi) is 7.17. The van der Waals surface area contributed by atoms with Crippen LogP contribution >= 0.6 is 6.83 Å². The molecule has 2 aromatic carbocycles. The molecular weight excluding hydrogens is 383 g/mol. The molecule has 0 saturated carbocycles. The summed E-state index contributed by atoms with van der Waals surface area (Å²) in [7, 11) is -4.01. The van der Waals surface area contributed by atoms with Crippen LogP contribution in [0.25, 0.3) is 0 Å². The van der Waals surface area contributed by atoms with Crippen molar-refractivity contribution < 1.29 is 22.6 Å². The molecule has 0 radical (unpaired) electrons. The summed E-state index contributed by atoms with van der Waals surface area (Å²) in [6.07, 6.45) is 1.71. The molecule has 0 heterocycles. The molecule has 5 nitrogen and oxygen atoms in total. The van der Waals surface area contributed by atoms with Crippen molar-refractivity contribution in [2.75, 3.05) is 32.2 Å². The third-order valence-electron chi connectivity index (χ3n) is 4.91. The van der Waals surface area contributed by atoms with Gasteiger partial charge >= 0.3 is 162 Å². The van der Waals surface area contributed by atoms with Crippen molar-refractivity contribution in [1.29, 1.82) is 0 Å². The van der Waals surface area contributed by atoms with Crippen LogP contribution in [0.15, 0.2) is 59.5 Å². The standard InChI is InChI=1S/C20H29O5PS/c1-18-10-12-20(13-11-18)27(23,24)25-26(2,16-6-14-21,17-7-15-22)19-8-4-3-5-9-19/h3-5,8-13,21-22H,6-7,14-17H2,1-2H3. The number of aliphatic hydroxyl groups excluding tert-OH is 2. The first-order valence-corrected chi connectivity index (χ1v) is 13.4. The van der Waals surface area contributed by atoms with E-state index in [4.69, 9.17) is 3.97 Å². The number of aliphatic hydroxyl groups is 2. The van der Waals surface area contributed by atoms with Crippen LogP contribution in [0.5, 0.6) is 0 Å². The van der Waals surface area contributed by atoms with Gasteiger partial charge in [0.15, 0.2) is 0 Å². The van der Waals surface area contributed by atoms with E-state index in [0.29, 0.717) is 25.2 Å². The predicted octanol–water partition coefficient (Wildman–Crippen LogP) is 2.89. The van der Waals surface area contributed by atoms with Gasteiger partial charge in [0.25, 0.3) is 0 Å². The summed E-state index contributed by atoms with van der Waals surface area (Å²) in [5.41, 5.74) is 0.964. The first-order valence-electron chi connectivity index (χ1n) is 9.05. The van der Waals surface area contributed by atoms with Gasteiger partial charge in [0.1, 0.15) is 0 Å². The fourth-order valence-corrected chi connectivity index (χ4v) is 11.1. The van der Waals surface area contributed by atoms with E-state index >= 15 is 0 Å². The SMILES string of the molecule is Cc1ccc(S(=O)(=O)OP(C)(CCCO)(CCCO)c2ccccc2)cc1. The van der Waals surface area contributed by atoms with Crippen LogP contribution in [0.4, 0.5) is 0 Å². The van der Waals surface area contributed by atoms with Gasteiger partial charge in [0.05, 0.1) is 0 Å². The molecule has 0 aromatic heterocycles. The maximum atomic E-state index is 13.1. The number of hydrogen-bond acceptors (Lipinski definition) is 5. The molecule has 2 N–H and O–H groups in total. The summed E-state index contributed by atoms with van der Waals surface area (Å²) in [4.78, 5) is 0.118. The van der Waals surface area contributed by atoms with Gasteiger partial charge in [-0.1, -0.05) is 0 Å². The number of hydrogen-bond donors (Lipinski definition) is 2. The van der Waals surface area contributed by atoms with Gasteiger partial charge < -0.3 is 0 Å². The third kappa shape index (κ3) is 5.15. The zero-order valence-corrected chi connectivity index (χ0v) is 17.6. The monoisotopic (exact) mass is 412 g/mol. The van der Waals surface area contributed by atoms with Crippen molar-refractivity contribution in [3.63, 3.8) is 0 Å². The van der Waals surface area contributed by atoms with Gasteiger partial charge in [-0.3, -0.25) is 0 Å². The summed E-state index contributed by atoms with van der Waals surface area (Å²) in [6, 6.07) is 15.9. The second-order valence-corrected chi connectivity index (χ2v) is 14.4. The van der Waals surface area contributed by atoms with Crippen molar-refractivity contribution in [3.8, 4) is 0 Å². The van der Waals surface area contributed by atoms with E-state index in [1.54, 1.807) is 24.3 Å². The van der Waals surface area contributed by atoms with Gasteiger partial charge in [-0.25, -0.2) is 0 Å². The Bertz CT molecular complexity index is 826. The quantitative estimate of drug-likeness (QED) is 0.587. The Hall–Kier alpha value is -1.30. The van der Waals surface area contributed by atoms with Crippen LogP contribution < -0.4 is 5.30 Å². The second-order valence-electron chi connectivity index (χ2n) is 7.21. The van der Waals surface area contributed by atoms with E-state index in [0.717, 1.165) is 10.9 Å².